The zero-order valence-corrected chi connectivity index (χ0v) is 35.3. The molecule has 59 heavy (non-hydrogen) atoms. The van der Waals surface area contributed by atoms with Gasteiger partial charge in [-0.2, -0.15) is 0 Å². The van der Waals surface area contributed by atoms with Gasteiger partial charge in [-0.05, 0) is 5.57 Å². The number of oxime groups is 2. The minimum atomic E-state index is -1.43. The van der Waals surface area contributed by atoms with Crippen LogP contribution in [-0.4, -0.2) is 155 Å². The first-order chi connectivity index (χ1) is 28.3. The van der Waals surface area contributed by atoms with Crippen LogP contribution in [0.2, 0.25) is 0 Å². The standard InChI is InChI=1S/C34H39N11O10S4/c1-45(7-5-6-8-45)10-16-12-57-30-23(29(49)44(30)24(16)31(50)51)39-26(47)21(42-55-4)18-14-59-34(37-18)43-9-15-11-56-27(40-19(15)28(43)48)22(32(52)53-2)38-25(46)20(41-54-3)17-13-58-33(35)36-17/h13-14,22-23,27,30,40H,5-12H2,1-4H3,(H4-,35,36,38,39,46,47,50,51)/b41-20-,42-21-/t22-,23+,27+,30+/m0/s1. The second kappa shape index (κ2) is 17.2. The van der Waals surface area contributed by atoms with Gasteiger partial charge in [0.15, 0.2) is 27.7 Å². The minimum Gasteiger partial charge on any atom is -0.543 e. The highest BCUT2D eigenvalue weighted by atomic mass is 32.2. The summed E-state index contributed by atoms with van der Waals surface area (Å²) in [6.07, 6.45) is 2.10. The van der Waals surface area contributed by atoms with Gasteiger partial charge in [-0.1, -0.05) is 10.3 Å². The first-order valence-electron chi connectivity index (χ1n) is 18.0. The summed E-state index contributed by atoms with van der Waals surface area (Å²) in [7, 11) is 5.73. The molecule has 0 spiro atoms. The predicted octanol–water partition coefficient (Wildman–Crippen LogP) is -1.85. The maximum atomic E-state index is 13.8. The summed E-state index contributed by atoms with van der Waals surface area (Å²) in [6.45, 7) is 2.48. The highest BCUT2D eigenvalue weighted by molar-refractivity contribution is 8.00. The number of carboxylic acids is 1. The third kappa shape index (κ3) is 8.20. The highest BCUT2D eigenvalue weighted by Gasteiger charge is 2.54. The number of quaternary nitrogens is 1. The number of aliphatic carboxylic acids is 1. The van der Waals surface area contributed by atoms with Gasteiger partial charge in [0, 0.05) is 40.7 Å². The van der Waals surface area contributed by atoms with Crippen molar-refractivity contribution in [3.8, 4) is 0 Å². The molecule has 0 aromatic carbocycles. The van der Waals surface area contributed by atoms with Crippen LogP contribution in [0.5, 0.6) is 0 Å². The molecular formula is C34H39N11O10S4. The fourth-order valence-electron chi connectivity index (χ4n) is 7.42. The number of nitrogens with two attached hydrogens (primary N) is 1. The van der Waals surface area contributed by atoms with Crippen LogP contribution in [0.15, 0.2) is 43.6 Å². The van der Waals surface area contributed by atoms with E-state index in [0.29, 0.717) is 33.7 Å². The van der Waals surface area contributed by atoms with Crippen LogP contribution < -0.4 is 31.7 Å². The number of hydrogen-bond acceptors (Lipinski definition) is 20. The number of nitrogens with one attached hydrogen (secondary N) is 3. The molecule has 2 saturated heterocycles. The van der Waals surface area contributed by atoms with Gasteiger partial charge < -0.3 is 50.5 Å². The largest absolute Gasteiger partial charge is 0.543 e. The molecule has 2 aromatic rings. The summed E-state index contributed by atoms with van der Waals surface area (Å²) in [6, 6.07) is -2.33. The van der Waals surface area contributed by atoms with E-state index in [0.717, 1.165) is 48.6 Å². The number of likely N-dealkylation sites (tertiary alicyclic amines) is 1. The molecule has 314 valence electrons. The third-order valence-electron chi connectivity index (χ3n) is 10.2. The molecule has 21 nitrogen and oxygen atoms in total. The number of thioether (sulfide) groups is 2. The predicted molar refractivity (Wildman–Crippen MR) is 216 cm³/mol. The Labute approximate surface area is 353 Å². The lowest BCUT2D eigenvalue weighted by atomic mass is 10.0. The van der Waals surface area contributed by atoms with Crippen molar-refractivity contribution in [2.24, 2.45) is 10.3 Å². The van der Waals surface area contributed by atoms with Crippen LogP contribution in [-0.2, 0) is 43.2 Å². The third-order valence-corrected chi connectivity index (χ3v) is 14.3. The lowest BCUT2D eigenvalue weighted by Crippen LogP contribution is -2.71. The van der Waals surface area contributed by atoms with E-state index in [1.165, 1.54) is 65.4 Å². The summed E-state index contributed by atoms with van der Waals surface area (Å²) in [4.78, 5) is 101. The molecule has 0 bridgehead atoms. The van der Waals surface area contributed by atoms with E-state index in [2.05, 4.69) is 43.3 Å². The molecule has 25 heteroatoms. The van der Waals surface area contributed by atoms with Crippen molar-refractivity contribution in [2.45, 2.75) is 35.7 Å². The number of methoxy groups -OCH3 is 1. The van der Waals surface area contributed by atoms with Crippen LogP contribution in [0.1, 0.15) is 24.2 Å². The molecule has 5 N–H and O–H groups in total. The number of amides is 4. The molecule has 5 aliphatic rings. The Hall–Kier alpha value is -5.24. The molecule has 2 aromatic heterocycles. The zero-order chi connectivity index (χ0) is 42.2. The average molecular weight is 890 g/mol. The van der Waals surface area contributed by atoms with Crippen LogP contribution in [0.4, 0.5) is 10.3 Å². The lowest BCUT2D eigenvalue weighted by Gasteiger charge is -2.51. The average Bonchev–Trinajstić information content (AvgIpc) is 4.04. The number of nitrogens with zero attached hydrogens (tertiary/aromatic N) is 7. The molecule has 2 fully saturated rings. The molecule has 5 aliphatic heterocycles. The maximum absolute atomic E-state index is 13.8. The molecule has 4 atom stereocenters. The number of esters is 1. The number of likely N-dealkylation sites (N-methyl/N-ethyl adjacent to an activating group) is 1. The number of nitrogen functional groups attached to an aromatic ring is 1. The Morgan fingerprint density at radius 3 is 2.34 bits per heavy atom. The van der Waals surface area contributed by atoms with E-state index in [4.69, 9.17) is 20.1 Å². The molecule has 4 amide bonds. The molecule has 0 radical (unpaired) electrons. The minimum absolute atomic E-state index is 0.0613. The van der Waals surface area contributed by atoms with Crippen LogP contribution >= 0.6 is 46.2 Å². The van der Waals surface area contributed by atoms with E-state index >= 15 is 0 Å². The fourth-order valence-corrected chi connectivity index (χ4v) is 11.3. The second-order valence-electron chi connectivity index (χ2n) is 14.1. The number of fused-ring (bicyclic) bond motifs is 1. The maximum Gasteiger partial charge on any atom is 0.331 e. The van der Waals surface area contributed by atoms with E-state index in [1.54, 1.807) is 0 Å². The van der Waals surface area contributed by atoms with Crippen molar-refractivity contribution in [3.63, 3.8) is 0 Å². The monoisotopic (exact) mass is 889 g/mol. The van der Waals surface area contributed by atoms with Gasteiger partial charge >= 0.3 is 5.97 Å². The molecule has 0 unspecified atom stereocenters. The normalized spacial score (nSPS) is 23.2. The van der Waals surface area contributed by atoms with Gasteiger partial charge in [-0.25, -0.2) is 14.8 Å². The summed E-state index contributed by atoms with van der Waals surface area (Å²) < 4.78 is 5.67. The van der Waals surface area contributed by atoms with E-state index in [-0.39, 0.29) is 51.0 Å². The van der Waals surface area contributed by atoms with Crippen molar-refractivity contribution in [2.75, 3.05) is 76.7 Å². The fraction of sp³-hybridized carbons (Fsp3) is 0.471. The quantitative estimate of drug-likeness (QED) is 0.0533. The number of β-lactam (4-membered cyclic amide) rings is 1. The van der Waals surface area contributed by atoms with Crippen molar-refractivity contribution in [3.05, 3.63) is 44.7 Å². The number of carbonyl (C=O) groups is 6. The second-order valence-corrected chi connectivity index (χ2v) is 18.0. The number of aromatic nitrogens is 2. The number of hydrogen-bond donors (Lipinski definition) is 4. The molecular weight excluding hydrogens is 851 g/mol. The Bertz CT molecular complexity index is 2210. The first kappa shape index (κ1) is 41.9. The first-order valence-corrected chi connectivity index (χ1v) is 21.9. The van der Waals surface area contributed by atoms with Crippen LogP contribution in [0.25, 0.3) is 0 Å². The van der Waals surface area contributed by atoms with Crippen LogP contribution in [0, 0.1) is 0 Å². The summed E-state index contributed by atoms with van der Waals surface area (Å²) >= 11 is 4.77. The Balaban J connectivity index is 1.01. The van der Waals surface area contributed by atoms with Gasteiger partial charge in [0.25, 0.3) is 23.6 Å². The number of carbonyl (C=O) groups excluding carboxylic acids is 6. The highest BCUT2D eigenvalue weighted by Crippen LogP contribution is 2.41. The molecule has 0 saturated carbocycles. The van der Waals surface area contributed by atoms with Gasteiger partial charge in [0.05, 0.1) is 45.5 Å². The molecule has 0 aliphatic carbocycles. The van der Waals surface area contributed by atoms with E-state index in [1.807, 2.05) is 0 Å². The number of carboxylic acid groups (broad SMARTS) is 1. The zero-order valence-electron chi connectivity index (χ0n) is 32.0. The van der Waals surface area contributed by atoms with E-state index in [9.17, 15) is 33.9 Å². The Morgan fingerprint density at radius 1 is 1.02 bits per heavy atom. The van der Waals surface area contributed by atoms with Gasteiger partial charge in [0.2, 0.25) is 0 Å². The van der Waals surface area contributed by atoms with E-state index < -0.39 is 58.4 Å². The topological polar surface area (TPSA) is 272 Å². The van der Waals surface area contributed by atoms with Gasteiger partial charge in [-0.3, -0.25) is 29.0 Å². The summed E-state index contributed by atoms with van der Waals surface area (Å²) in [5.74, 6) is -4.19. The SMILES string of the molecule is CO/N=C(\C(=O)N[C@H](C(=O)OC)[C@@H]1NC2=C(CS1)CN(c1nc(/C(=N/OC)C(=O)N[C@@H]3C(=O)N4C(C(=O)[O-])=C(C[N+]5(C)CCCC5)CS[C@H]34)cs1)C2=O)c1csc(N)n1. The van der Waals surface area contributed by atoms with Gasteiger partial charge in [0.1, 0.15) is 54.6 Å². The molecule has 7 rings (SSSR count). The molecule has 7 heterocycles. The summed E-state index contributed by atoms with van der Waals surface area (Å²) in [5.41, 5.74) is 6.85. The number of thiazole rings is 2. The van der Waals surface area contributed by atoms with Crippen molar-refractivity contribution in [1.82, 2.24) is 30.8 Å². The van der Waals surface area contributed by atoms with Crippen molar-refractivity contribution in [1.29, 1.82) is 0 Å². The number of anilines is 2. The summed E-state index contributed by atoms with van der Waals surface area (Å²) in [5, 5.41) is 30.2. The van der Waals surface area contributed by atoms with Gasteiger partial charge in [-0.15, -0.1) is 46.2 Å². The van der Waals surface area contributed by atoms with Crippen molar-refractivity contribution >= 4 is 103 Å². The van der Waals surface area contributed by atoms with Crippen molar-refractivity contribution < 1.29 is 52.8 Å². The Kier molecular flexibility index (Phi) is 12.2. The van der Waals surface area contributed by atoms with Crippen LogP contribution in [0.3, 0.4) is 0 Å². The Morgan fingerprint density at radius 2 is 1.69 bits per heavy atom. The smallest absolute Gasteiger partial charge is 0.331 e. The number of ether oxygens (including phenoxy) is 1. The lowest BCUT2D eigenvalue weighted by molar-refractivity contribution is -0.893. The number of rotatable bonds is 14.